The number of nitrogens with two attached hydrogens (primary N) is 1. The van der Waals surface area contributed by atoms with Crippen molar-refractivity contribution in [1.82, 2.24) is 4.57 Å². The number of aryl methyl sites for hydroxylation is 1. The van der Waals surface area contributed by atoms with Crippen LogP contribution in [0.1, 0.15) is 11.3 Å². The molecule has 17 heavy (non-hydrogen) atoms. The molecule has 0 fully saturated rings. The molecular weight excluding hydrogens is 216 g/mol. The topological polar surface area (TPSA) is 68.2 Å². The third-order valence-electron chi connectivity index (χ3n) is 3.27. The van der Waals surface area contributed by atoms with Gasteiger partial charge in [0.25, 0.3) is 0 Å². The molecule has 0 aliphatic rings. The fraction of sp³-hybridized carbons (Fsp3) is 0.308. The zero-order valence-electron chi connectivity index (χ0n) is 9.97. The molecule has 4 heteroatoms. The SMILES string of the molecule is Cc1c(CC(N)C(=O)O)c2ccccc2n1C. The smallest absolute Gasteiger partial charge is 0.320 e. The van der Waals surface area contributed by atoms with Crippen molar-refractivity contribution in [1.29, 1.82) is 0 Å². The Balaban J connectivity index is 2.53. The molecule has 4 nitrogen and oxygen atoms in total. The van der Waals surface area contributed by atoms with Crippen LogP contribution in [0.3, 0.4) is 0 Å². The van der Waals surface area contributed by atoms with Crippen LogP contribution in [0.5, 0.6) is 0 Å². The standard InChI is InChI=1S/C13H16N2O2/c1-8-10(7-11(14)13(16)17)9-5-3-4-6-12(9)15(8)2/h3-6,11H,7,14H2,1-2H3,(H,16,17). The maximum atomic E-state index is 10.8. The number of aromatic nitrogens is 1. The summed E-state index contributed by atoms with van der Waals surface area (Å²) in [5.74, 6) is -0.961. The largest absolute Gasteiger partial charge is 0.480 e. The normalized spacial score (nSPS) is 12.9. The van der Waals surface area contributed by atoms with Crippen molar-refractivity contribution in [2.75, 3.05) is 0 Å². The summed E-state index contributed by atoms with van der Waals surface area (Å²) < 4.78 is 2.07. The lowest BCUT2D eigenvalue weighted by Gasteiger charge is -2.06. The second-order valence-electron chi connectivity index (χ2n) is 4.29. The zero-order chi connectivity index (χ0) is 12.6. The molecule has 1 atom stereocenters. The number of para-hydroxylation sites is 1. The lowest BCUT2D eigenvalue weighted by atomic mass is 10.0. The van der Waals surface area contributed by atoms with Gasteiger partial charge in [-0.05, 0) is 18.6 Å². The van der Waals surface area contributed by atoms with Crippen LogP contribution in [-0.2, 0) is 18.3 Å². The third-order valence-corrected chi connectivity index (χ3v) is 3.27. The molecule has 2 aromatic rings. The number of carboxylic acids is 1. The van der Waals surface area contributed by atoms with E-state index < -0.39 is 12.0 Å². The summed E-state index contributed by atoms with van der Waals surface area (Å²) in [5.41, 5.74) is 8.82. The molecule has 0 saturated heterocycles. The van der Waals surface area contributed by atoms with Crippen molar-refractivity contribution in [2.45, 2.75) is 19.4 Å². The Morgan fingerprint density at radius 2 is 2.12 bits per heavy atom. The third kappa shape index (κ3) is 1.91. The van der Waals surface area contributed by atoms with Gasteiger partial charge < -0.3 is 15.4 Å². The number of carboxylic acid groups (broad SMARTS) is 1. The highest BCUT2D eigenvalue weighted by Gasteiger charge is 2.18. The lowest BCUT2D eigenvalue weighted by Crippen LogP contribution is -2.32. The lowest BCUT2D eigenvalue weighted by molar-refractivity contribution is -0.138. The quantitative estimate of drug-likeness (QED) is 0.841. The van der Waals surface area contributed by atoms with Gasteiger partial charge in [-0.25, -0.2) is 0 Å². The number of fused-ring (bicyclic) bond motifs is 1. The van der Waals surface area contributed by atoms with Gasteiger partial charge in [-0.1, -0.05) is 18.2 Å². The van der Waals surface area contributed by atoms with E-state index in [4.69, 9.17) is 10.8 Å². The predicted octanol–water partition coefficient (Wildman–Crippen LogP) is 1.44. The van der Waals surface area contributed by atoms with E-state index >= 15 is 0 Å². The van der Waals surface area contributed by atoms with E-state index in [0.29, 0.717) is 6.42 Å². The minimum atomic E-state index is -0.961. The first-order valence-corrected chi connectivity index (χ1v) is 5.53. The van der Waals surface area contributed by atoms with E-state index in [0.717, 1.165) is 22.2 Å². The summed E-state index contributed by atoms with van der Waals surface area (Å²) in [6, 6.07) is 7.12. The Bertz CT molecular complexity index is 572. The van der Waals surface area contributed by atoms with Crippen molar-refractivity contribution in [2.24, 2.45) is 12.8 Å². The summed E-state index contributed by atoms with van der Waals surface area (Å²) in [6.45, 7) is 1.99. The first-order valence-electron chi connectivity index (χ1n) is 5.53. The van der Waals surface area contributed by atoms with Gasteiger partial charge in [0.15, 0.2) is 0 Å². The second kappa shape index (κ2) is 4.22. The number of aliphatic carboxylic acids is 1. The van der Waals surface area contributed by atoms with Gasteiger partial charge >= 0.3 is 5.97 Å². The van der Waals surface area contributed by atoms with Gasteiger partial charge in [-0.15, -0.1) is 0 Å². The summed E-state index contributed by atoms with van der Waals surface area (Å²) in [7, 11) is 1.98. The number of nitrogens with zero attached hydrogens (tertiary/aromatic N) is 1. The van der Waals surface area contributed by atoms with E-state index in [1.54, 1.807) is 0 Å². The van der Waals surface area contributed by atoms with Gasteiger partial charge in [0.1, 0.15) is 6.04 Å². The average Bonchev–Trinajstić information content (AvgIpc) is 2.55. The molecule has 1 unspecified atom stereocenters. The van der Waals surface area contributed by atoms with Crippen molar-refractivity contribution in [3.8, 4) is 0 Å². The Morgan fingerprint density at radius 1 is 1.47 bits per heavy atom. The molecular formula is C13H16N2O2. The van der Waals surface area contributed by atoms with Gasteiger partial charge in [0, 0.05) is 30.1 Å². The molecule has 0 radical (unpaired) electrons. The van der Waals surface area contributed by atoms with Crippen LogP contribution in [0.4, 0.5) is 0 Å². The molecule has 2 rings (SSSR count). The highest BCUT2D eigenvalue weighted by Crippen LogP contribution is 2.25. The number of hydrogen-bond donors (Lipinski definition) is 2. The van der Waals surface area contributed by atoms with Crippen molar-refractivity contribution in [3.63, 3.8) is 0 Å². The number of benzene rings is 1. The van der Waals surface area contributed by atoms with Crippen LogP contribution in [0.25, 0.3) is 10.9 Å². The van der Waals surface area contributed by atoms with Crippen LogP contribution in [0.15, 0.2) is 24.3 Å². The highest BCUT2D eigenvalue weighted by atomic mass is 16.4. The molecule has 0 amide bonds. The molecule has 1 aromatic heterocycles. The van der Waals surface area contributed by atoms with Crippen LogP contribution in [0, 0.1) is 6.92 Å². The minimum Gasteiger partial charge on any atom is -0.480 e. The van der Waals surface area contributed by atoms with Crippen LogP contribution in [0.2, 0.25) is 0 Å². The van der Waals surface area contributed by atoms with Crippen molar-refractivity contribution >= 4 is 16.9 Å². The Kier molecular flexibility index (Phi) is 2.90. The fourth-order valence-corrected chi connectivity index (χ4v) is 2.16. The van der Waals surface area contributed by atoms with Crippen LogP contribution >= 0.6 is 0 Å². The molecule has 0 spiro atoms. The van der Waals surface area contributed by atoms with Crippen molar-refractivity contribution in [3.05, 3.63) is 35.5 Å². The molecule has 1 aromatic carbocycles. The zero-order valence-corrected chi connectivity index (χ0v) is 9.97. The molecule has 0 aliphatic heterocycles. The summed E-state index contributed by atoms with van der Waals surface area (Å²) in [5, 5.41) is 9.97. The monoisotopic (exact) mass is 232 g/mol. The fourth-order valence-electron chi connectivity index (χ4n) is 2.16. The molecule has 0 aliphatic carbocycles. The summed E-state index contributed by atoms with van der Waals surface area (Å²) >= 11 is 0. The van der Waals surface area contributed by atoms with E-state index in [2.05, 4.69) is 4.57 Å². The minimum absolute atomic E-state index is 0.364. The first kappa shape index (κ1) is 11.7. The maximum absolute atomic E-state index is 10.8. The number of rotatable bonds is 3. The highest BCUT2D eigenvalue weighted by molar-refractivity contribution is 5.86. The number of carbonyl (C=O) groups is 1. The predicted molar refractivity (Wildman–Crippen MR) is 67.0 cm³/mol. The van der Waals surface area contributed by atoms with Crippen molar-refractivity contribution < 1.29 is 9.90 Å². The van der Waals surface area contributed by atoms with E-state index in [1.165, 1.54) is 0 Å². The van der Waals surface area contributed by atoms with Crippen LogP contribution < -0.4 is 5.73 Å². The summed E-state index contributed by atoms with van der Waals surface area (Å²) in [4.78, 5) is 10.8. The van der Waals surface area contributed by atoms with E-state index in [-0.39, 0.29) is 0 Å². The average molecular weight is 232 g/mol. The van der Waals surface area contributed by atoms with Gasteiger partial charge in [-0.3, -0.25) is 4.79 Å². The van der Waals surface area contributed by atoms with Gasteiger partial charge in [-0.2, -0.15) is 0 Å². The Labute approximate surface area is 99.7 Å². The molecule has 1 heterocycles. The molecule has 90 valence electrons. The molecule has 0 saturated carbocycles. The van der Waals surface area contributed by atoms with E-state index in [1.807, 2.05) is 38.2 Å². The van der Waals surface area contributed by atoms with Gasteiger partial charge in [0.05, 0.1) is 0 Å². The first-order chi connectivity index (χ1) is 8.02. The second-order valence-corrected chi connectivity index (χ2v) is 4.29. The summed E-state index contributed by atoms with van der Waals surface area (Å²) in [6.07, 6.45) is 0.364. The maximum Gasteiger partial charge on any atom is 0.320 e. The van der Waals surface area contributed by atoms with E-state index in [9.17, 15) is 4.79 Å². The Hall–Kier alpha value is -1.81. The Morgan fingerprint density at radius 3 is 2.76 bits per heavy atom. The molecule has 3 N–H and O–H groups in total. The van der Waals surface area contributed by atoms with Gasteiger partial charge in [0.2, 0.25) is 0 Å². The molecule has 0 bridgehead atoms. The van der Waals surface area contributed by atoms with Crippen LogP contribution in [-0.4, -0.2) is 21.7 Å². The number of hydrogen-bond acceptors (Lipinski definition) is 2.